The SMILES string of the molecule is CCC(=O)N1CCc2cc(S(=O)(=O)CCC(=O)Nc3ccc(Br)cc3)ccc21. The van der Waals surface area contributed by atoms with Gasteiger partial charge in [-0.2, -0.15) is 0 Å². The molecular weight excluding hydrogens is 444 g/mol. The van der Waals surface area contributed by atoms with E-state index >= 15 is 0 Å². The van der Waals surface area contributed by atoms with Crippen molar-refractivity contribution in [3.05, 3.63) is 52.5 Å². The Balaban J connectivity index is 1.65. The molecule has 2 amide bonds. The van der Waals surface area contributed by atoms with Gasteiger partial charge in [-0.05, 0) is 54.4 Å². The lowest BCUT2D eigenvalue weighted by Crippen LogP contribution is -2.27. The molecule has 0 bridgehead atoms. The minimum absolute atomic E-state index is 0.0268. The molecule has 1 aliphatic heterocycles. The maximum Gasteiger partial charge on any atom is 0.226 e. The third-order valence-corrected chi connectivity index (χ3v) is 6.88. The molecule has 0 radical (unpaired) electrons. The minimum Gasteiger partial charge on any atom is -0.326 e. The van der Waals surface area contributed by atoms with E-state index in [1.807, 2.05) is 0 Å². The Morgan fingerprint density at radius 2 is 1.86 bits per heavy atom. The molecule has 2 aromatic rings. The van der Waals surface area contributed by atoms with Gasteiger partial charge in [-0.25, -0.2) is 8.42 Å². The zero-order valence-electron chi connectivity index (χ0n) is 15.4. The number of nitrogens with one attached hydrogen (secondary N) is 1. The van der Waals surface area contributed by atoms with E-state index in [-0.39, 0.29) is 28.9 Å². The van der Waals surface area contributed by atoms with Crippen molar-refractivity contribution in [2.75, 3.05) is 22.5 Å². The van der Waals surface area contributed by atoms with Gasteiger partial charge in [-0.15, -0.1) is 0 Å². The summed E-state index contributed by atoms with van der Waals surface area (Å²) in [5.41, 5.74) is 2.24. The summed E-state index contributed by atoms with van der Waals surface area (Å²) < 4.78 is 26.2. The first-order valence-corrected chi connectivity index (χ1v) is 11.5. The van der Waals surface area contributed by atoms with E-state index in [0.29, 0.717) is 25.1 Å². The van der Waals surface area contributed by atoms with E-state index < -0.39 is 9.84 Å². The number of nitrogens with zero attached hydrogens (tertiary/aromatic N) is 1. The number of carbonyl (C=O) groups is 2. The number of rotatable bonds is 6. The minimum atomic E-state index is -3.59. The van der Waals surface area contributed by atoms with Gasteiger partial charge in [0.05, 0.1) is 10.6 Å². The molecule has 6 nitrogen and oxygen atoms in total. The molecule has 3 rings (SSSR count). The normalized spacial score (nSPS) is 13.3. The Labute approximate surface area is 173 Å². The van der Waals surface area contributed by atoms with Crippen molar-refractivity contribution in [1.82, 2.24) is 0 Å². The van der Waals surface area contributed by atoms with Gasteiger partial charge in [0.15, 0.2) is 9.84 Å². The highest BCUT2D eigenvalue weighted by atomic mass is 79.9. The van der Waals surface area contributed by atoms with Gasteiger partial charge < -0.3 is 10.2 Å². The molecule has 0 saturated heterocycles. The molecular formula is C20H21BrN2O4S. The van der Waals surface area contributed by atoms with Crippen LogP contribution >= 0.6 is 15.9 Å². The van der Waals surface area contributed by atoms with Crippen molar-refractivity contribution >= 4 is 49.0 Å². The van der Waals surface area contributed by atoms with Gasteiger partial charge in [0.1, 0.15) is 0 Å². The largest absolute Gasteiger partial charge is 0.326 e. The fourth-order valence-electron chi connectivity index (χ4n) is 3.12. The smallest absolute Gasteiger partial charge is 0.226 e. The first kappa shape index (κ1) is 20.5. The molecule has 0 aliphatic carbocycles. The lowest BCUT2D eigenvalue weighted by atomic mass is 10.2. The molecule has 0 unspecified atom stereocenters. The number of benzene rings is 2. The predicted octanol–water partition coefficient (Wildman–Crippen LogP) is 3.55. The van der Waals surface area contributed by atoms with Gasteiger partial charge in [-0.1, -0.05) is 22.9 Å². The van der Waals surface area contributed by atoms with Crippen LogP contribution in [0.1, 0.15) is 25.3 Å². The first-order valence-electron chi connectivity index (χ1n) is 9.01. The van der Waals surface area contributed by atoms with Crippen LogP contribution in [0.5, 0.6) is 0 Å². The van der Waals surface area contributed by atoms with E-state index in [0.717, 1.165) is 15.7 Å². The highest BCUT2D eigenvalue weighted by Crippen LogP contribution is 2.31. The Morgan fingerprint density at radius 1 is 1.14 bits per heavy atom. The number of hydrogen-bond donors (Lipinski definition) is 1. The average Bonchev–Trinajstić information content (AvgIpc) is 3.11. The lowest BCUT2D eigenvalue weighted by molar-refractivity contribution is -0.118. The third-order valence-electron chi connectivity index (χ3n) is 4.63. The standard InChI is InChI=1S/C20H21BrN2O4S/c1-2-20(25)23-11-9-14-13-17(7-8-18(14)23)28(26,27)12-10-19(24)22-16-5-3-15(21)4-6-16/h3-8,13H,2,9-12H2,1H3,(H,22,24). The number of hydrogen-bond acceptors (Lipinski definition) is 4. The molecule has 0 fully saturated rings. The molecule has 0 spiro atoms. The summed E-state index contributed by atoms with van der Waals surface area (Å²) in [4.78, 5) is 25.9. The fourth-order valence-corrected chi connectivity index (χ4v) is 4.67. The van der Waals surface area contributed by atoms with Crippen molar-refractivity contribution in [2.24, 2.45) is 0 Å². The monoisotopic (exact) mass is 464 g/mol. The van der Waals surface area contributed by atoms with Crippen LogP contribution in [0.4, 0.5) is 11.4 Å². The van der Waals surface area contributed by atoms with Gasteiger partial charge in [-0.3, -0.25) is 9.59 Å². The highest BCUT2D eigenvalue weighted by Gasteiger charge is 2.26. The maximum absolute atomic E-state index is 12.6. The summed E-state index contributed by atoms with van der Waals surface area (Å²) in [5, 5.41) is 2.69. The number of amides is 2. The summed E-state index contributed by atoms with van der Waals surface area (Å²) in [6, 6.07) is 11.9. The third kappa shape index (κ3) is 4.62. The number of carbonyl (C=O) groups excluding carboxylic acids is 2. The van der Waals surface area contributed by atoms with E-state index in [9.17, 15) is 18.0 Å². The molecule has 0 atom stereocenters. The second-order valence-electron chi connectivity index (χ2n) is 6.56. The van der Waals surface area contributed by atoms with Crippen LogP contribution in [0.25, 0.3) is 0 Å². The zero-order valence-corrected chi connectivity index (χ0v) is 17.8. The van der Waals surface area contributed by atoms with E-state index in [1.165, 1.54) is 6.07 Å². The molecule has 148 valence electrons. The Bertz CT molecular complexity index is 1000. The van der Waals surface area contributed by atoms with Crippen molar-refractivity contribution in [3.8, 4) is 0 Å². The van der Waals surface area contributed by atoms with E-state index in [2.05, 4.69) is 21.2 Å². The molecule has 1 heterocycles. The Morgan fingerprint density at radius 3 is 2.54 bits per heavy atom. The molecule has 2 aromatic carbocycles. The molecule has 0 aromatic heterocycles. The second-order valence-corrected chi connectivity index (χ2v) is 9.59. The summed E-state index contributed by atoms with van der Waals surface area (Å²) in [6.07, 6.45) is 0.914. The summed E-state index contributed by atoms with van der Waals surface area (Å²) in [5.74, 6) is -0.600. The maximum atomic E-state index is 12.6. The van der Waals surface area contributed by atoms with Crippen molar-refractivity contribution < 1.29 is 18.0 Å². The average molecular weight is 465 g/mol. The number of halogens is 1. The molecule has 28 heavy (non-hydrogen) atoms. The van der Waals surface area contributed by atoms with Crippen LogP contribution in [0.15, 0.2) is 51.8 Å². The molecule has 1 N–H and O–H groups in total. The van der Waals surface area contributed by atoms with Crippen LogP contribution in [-0.2, 0) is 25.8 Å². The number of fused-ring (bicyclic) bond motifs is 1. The zero-order chi connectivity index (χ0) is 20.3. The van der Waals surface area contributed by atoms with E-state index in [1.54, 1.807) is 48.2 Å². The Kier molecular flexibility index (Phi) is 6.20. The summed E-state index contributed by atoms with van der Waals surface area (Å²) in [6.45, 7) is 2.37. The van der Waals surface area contributed by atoms with Crippen LogP contribution in [0.3, 0.4) is 0 Å². The first-order chi connectivity index (χ1) is 13.3. The molecule has 0 saturated carbocycles. The number of anilines is 2. The van der Waals surface area contributed by atoms with Crippen molar-refractivity contribution in [3.63, 3.8) is 0 Å². The van der Waals surface area contributed by atoms with Gasteiger partial charge in [0, 0.05) is 35.2 Å². The van der Waals surface area contributed by atoms with Gasteiger partial charge in [0.2, 0.25) is 11.8 Å². The summed E-state index contributed by atoms with van der Waals surface area (Å²) >= 11 is 3.32. The van der Waals surface area contributed by atoms with E-state index in [4.69, 9.17) is 0 Å². The topological polar surface area (TPSA) is 83.6 Å². The number of sulfone groups is 1. The van der Waals surface area contributed by atoms with Crippen LogP contribution < -0.4 is 10.2 Å². The van der Waals surface area contributed by atoms with Crippen LogP contribution in [-0.4, -0.2) is 32.5 Å². The van der Waals surface area contributed by atoms with Crippen LogP contribution in [0.2, 0.25) is 0 Å². The Hall–Kier alpha value is -2.19. The quantitative estimate of drug-likeness (QED) is 0.708. The van der Waals surface area contributed by atoms with Gasteiger partial charge >= 0.3 is 0 Å². The van der Waals surface area contributed by atoms with Crippen molar-refractivity contribution in [2.45, 2.75) is 31.1 Å². The summed E-state index contributed by atoms with van der Waals surface area (Å²) in [7, 11) is -3.59. The predicted molar refractivity (Wildman–Crippen MR) is 112 cm³/mol. The lowest BCUT2D eigenvalue weighted by Gasteiger charge is -2.16. The highest BCUT2D eigenvalue weighted by molar-refractivity contribution is 9.10. The molecule has 1 aliphatic rings. The van der Waals surface area contributed by atoms with Crippen molar-refractivity contribution in [1.29, 1.82) is 0 Å². The molecule has 8 heteroatoms. The fraction of sp³-hybridized carbons (Fsp3) is 0.300. The van der Waals surface area contributed by atoms with Gasteiger partial charge in [0.25, 0.3) is 0 Å². The van der Waals surface area contributed by atoms with Crippen LogP contribution in [0, 0.1) is 0 Å². The second kappa shape index (κ2) is 8.45.